The summed E-state index contributed by atoms with van der Waals surface area (Å²) in [7, 11) is 0. The number of rotatable bonds is 7. The Morgan fingerprint density at radius 2 is 1.95 bits per heavy atom. The van der Waals surface area contributed by atoms with Crippen molar-refractivity contribution in [2.24, 2.45) is 0 Å². The van der Waals surface area contributed by atoms with Crippen LogP contribution in [-0.2, 0) is 11.3 Å². The first-order chi connectivity index (χ1) is 9.38. The van der Waals surface area contributed by atoms with Crippen LogP contribution >= 0.6 is 0 Å². The molecule has 0 aliphatic carbocycles. The van der Waals surface area contributed by atoms with E-state index in [2.05, 4.69) is 41.8 Å². The number of unbranched alkanes of at least 4 members (excludes halogenated alkanes) is 1. The molecular formula is C17H25NO. The van der Waals surface area contributed by atoms with E-state index in [0.717, 1.165) is 39.1 Å². The number of benzene rings is 1. The van der Waals surface area contributed by atoms with Gasteiger partial charge in [-0.15, -0.1) is 6.58 Å². The Bertz CT molecular complexity index is 355. The van der Waals surface area contributed by atoms with Crippen molar-refractivity contribution in [1.82, 2.24) is 4.90 Å². The summed E-state index contributed by atoms with van der Waals surface area (Å²) >= 11 is 0. The highest BCUT2D eigenvalue weighted by Gasteiger charge is 2.19. The van der Waals surface area contributed by atoms with Gasteiger partial charge in [-0.2, -0.15) is 0 Å². The summed E-state index contributed by atoms with van der Waals surface area (Å²) in [6.45, 7) is 8.00. The highest BCUT2D eigenvalue weighted by molar-refractivity contribution is 5.14. The number of hydrogen-bond acceptors (Lipinski definition) is 2. The normalized spacial score (nSPS) is 17.5. The molecule has 0 spiro atoms. The zero-order chi connectivity index (χ0) is 13.3. The second kappa shape index (κ2) is 8.13. The molecule has 0 unspecified atom stereocenters. The third-order valence-electron chi connectivity index (χ3n) is 3.69. The molecule has 1 aromatic rings. The van der Waals surface area contributed by atoms with Gasteiger partial charge in [0.05, 0.1) is 6.10 Å². The molecule has 0 aromatic heterocycles. The lowest BCUT2D eigenvalue weighted by molar-refractivity contribution is 0.00521. The number of hydrogen-bond donors (Lipinski definition) is 0. The number of piperidine rings is 1. The smallest absolute Gasteiger partial charge is 0.0599 e. The maximum absolute atomic E-state index is 5.91. The Morgan fingerprint density at radius 1 is 1.21 bits per heavy atom. The van der Waals surface area contributed by atoms with Crippen LogP contribution < -0.4 is 0 Å². The predicted molar refractivity (Wildman–Crippen MR) is 80.1 cm³/mol. The Labute approximate surface area is 117 Å². The van der Waals surface area contributed by atoms with Gasteiger partial charge in [0.1, 0.15) is 0 Å². The molecule has 2 nitrogen and oxygen atoms in total. The van der Waals surface area contributed by atoms with E-state index in [1.807, 2.05) is 6.08 Å². The van der Waals surface area contributed by atoms with Crippen molar-refractivity contribution in [3.8, 4) is 0 Å². The average Bonchev–Trinajstić information content (AvgIpc) is 2.46. The first-order valence-electron chi connectivity index (χ1n) is 7.37. The van der Waals surface area contributed by atoms with Crippen LogP contribution in [0.25, 0.3) is 0 Å². The van der Waals surface area contributed by atoms with Crippen molar-refractivity contribution < 1.29 is 4.74 Å². The van der Waals surface area contributed by atoms with Crippen LogP contribution in [0, 0.1) is 0 Å². The maximum atomic E-state index is 5.91. The molecule has 0 saturated carbocycles. The van der Waals surface area contributed by atoms with E-state index in [1.165, 1.54) is 18.4 Å². The Hall–Kier alpha value is -1.12. The molecular weight excluding hydrogens is 234 g/mol. The minimum atomic E-state index is 0.469. The Balaban J connectivity index is 1.64. The molecule has 2 heteroatoms. The summed E-state index contributed by atoms with van der Waals surface area (Å²) in [5.41, 5.74) is 1.41. The van der Waals surface area contributed by atoms with E-state index in [9.17, 15) is 0 Å². The summed E-state index contributed by atoms with van der Waals surface area (Å²) < 4.78 is 5.91. The van der Waals surface area contributed by atoms with E-state index >= 15 is 0 Å². The molecule has 1 heterocycles. The minimum Gasteiger partial charge on any atom is -0.378 e. The molecule has 1 fully saturated rings. The van der Waals surface area contributed by atoms with Crippen molar-refractivity contribution in [3.63, 3.8) is 0 Å². The molecule has 1 saturated heterocycles. The molecule has 0 N–H and O–H groups in total. The van der Waals surface area contributed by atoms with Crippen molar-refractivity contribution in [3.05, 3.63) is 48.6 Å². The van der Waals surface area contributed by atoms with Crippen molar-refractivity contribution in [1.29, 1.82) is 0 Å². The molecule has 1 aliphatic heterocycles. The molecule has 2 rings (SSSR count). The molecule has 1 aliphatic rings. The summed E-state index contributed by atoms with van der Waals surface area (Å²) in [5.74, 6) is 0. The first-order valence-corrected chi connectivity index (χ1v) is 7.37. The molecule has 19 heavy (non-hydrogen) atoms. The lowest BCUT2D eigenvalue weighted by Crippen LogP contribution is -2.36. The fourth-order valence-corrected chi connectivity index (χ4v) is 2.55. The van der Waals surface area contributed by atoms with Gasteiger partial charge in [0, 0.05) is 26.2 Å². The minimum absolute atomic E-state index is 0.469. The van der Waals surface area contributed by atoms with Crippen LogP contribution in [0.1, 0.15) is 31.2 Å². The largest absolute Gasteiger partial charge is 0.378 e. The van der Waals surface area contributed by atoms with Crippen LogP contribution in [-0.4, -0.2) is 30.7 Å². The standard InChI is InChI=1S/C17H25NO/c1-2-3-7-14-19-17-10-12-18(13-11-17)15-16-8-5-4-6-9-16/h2,4-6,8-9,17H,1,3,7,10-15H2. The van der Waals surface area contributed by atoms with Crippen LogP contribution in [0.5, 0.6) is 0 Å². The van der Waals surface area contributed by atoms with Gasteiger partial charge in [-0.1, -0.05) is 36.4 Å². The van der Waals surface area contributed by atoms with E-state index in [0.29, 0.717) is 6.10 Å². The van der Waals surface area contributed by atoms with Gasteiger partial charge >= 0.3 is 0 Å². The second-order valence-corrected chi connectivity index (χ2v) is 5.26. The fourth-order valence-electron chi connectivity index (χ4n) is 2.55. The molecule has 0 bridgehead atoms. The van der Waals surface area contributed by atoms with Gasteiger partial charge in [-0.25, -0.2) is 0 Å². The zero-order valence-electron chi connectivity index (χ0n) is 11.8. The highest BCUT2D eigenvalue weighted by Crippen LogP contribution is 2.16. The van der Waals surface area contributed by atoms with Crippen molar-refractivity contribution in [2.45, 2.75) is 38.3 Å². The lowest BCUT2D eigenvalue weighted by atomic mass is 10.1. The van der Waals surface area contributed by atoms with Gasteiger partial charge in [-0.3, -0.25) is 4.90 Å². The van der Waals surface area contributed by atoms with Crippen LogP contribution in [0.3, 0.4) is 0 Å². The molecule has 0 amide bonds. The van der Waals surface area contributed by atoms with E-state index in [1.54, 1.807) is 0 Å². The van der Waals surface area contributed by atoms with Gasteiger partial charge in [-0.05, 0) is 31.2 Å². The Morgan fingerprint density at radius 3 is 2.63 bits per heavy atom. The number of ether oxygens (including phenoxy) is 1. The lowest BCUT2D eigenvalue weighted by Gasteiger charge is -2.31. The summed E-state index contributed by atoms with van der Waals surface area (Å²) in [4.78, 5) is 2.53. The van der Waals surface area contributed by atoms with Gasteiger partial charge in [0.2, 0.25) is 0 Å². The van der Waals surface area contributed by atoms with Crippen molar-refractivity contribution >= 4 is 0 Å². The summed E-state index contributed by atoms with van der Waals surface area (Å²) in [6, 6.07) is 10.7. The third-order valence-corrected chi connectivity index (χ3v) is 3.69. The number of likely N-dealkylation sites (tertiary alicyclic amines) is 1. The first kappa shape index (κ1) is 14.3. The summed E-state index contributed by atoms with van der Waals surface area (Å²) in [6.07, 6.45) is 6.94. The highest BCUT2D eigenvalue weighted by atomic mass is 16.5. The third kappa shape index (κ3) is 5.17. The fraction of sp³-hybridized carbons (Fsp3) is 0.529. The van der Waals surface area contributed by atoms with E-state index in [4.69, 9.17) is 4.74 Å². The SMILES string of the molecule is C=CCCCOC1CCN(Cc2ccccc2)CC1. The topological polar surface area (TPSA) is 12.5 Å². The molecule has 1 aromatic carbocycles. The quantitative estimate of drug-likeness (QED) is 0.547. The number of nitrogens with zero attached hydrogens (tertiary/aromatic N) is 1. The van der Waals surface area contributed by atoms with Gasteiger partial charge in [0.25, 0.3) is 0 Å². The summed E-state index contributed by atoms with van der Waals surface area (Å²) in [5, 5.41) is 0. The van der Waals surface area contributed by atoms with Gasteiger partial charge in [0.15, 0.2) is 0 Å². The Kier molecular flexibility index (Phi) is 6.12. The average molecular weight is 259 g/mol. The maximum Gasteiger partial charge on any atom is 0.0599 e. The molecule has 0 atom stereocenters. The molecule has 104 valence electrons. The predicted octanol–water partition coefficient (Wildman–Crippen LogP) is 3.63. The van der Waals surface area contributed by atoms with Crippen LogP contribution in [0.2, 0.25) is 0 Å². The van der Waals surface area contributed by atoms with Crippen LogP contribution in [0.4, 0.5) is 0 Å². The second-order valence-electron chi connectivity index (χ2n) is 5.26. The van der Waals surface area contributed by atoms with Gasteiger partial charge < -0.3 is 4.74 Å². The van der Waals surface area contributed by atoms with Crippen molar-refractivity contribution in [2.75, 3.05) is 19.7 Å². The molecule has 0 radical (unpaired) electrons. The zero-order valence-corrected chi connectivity index (χ0v) is 11.8. The number of allylic oxidation sites excluding steroid dienone is 1. The van der Waals surface area contributed by atoms with Crippen LogP contribution in [0.15, 0.2) is 43.0 Å². The van der Waals surface area contributed by atoms with E-state index in [-0.39, 0.29) is 0 Å². The monoisotopic (exact) mass is 259 g/mol. The van der Waals surface area contributed by atoms with E-state index < -0.39 is 0 Å².